The van der Waals surface area contributed by atoms with Crippen LogP contribution < -0.4 is 0 Å². The van der Waals surface area contributed by atoms with Gasteiger partial charge in [-0.05, 0) is 30.2 Å². The molecule has 0 aliphatic heterocycles. The first-order chi connectivity index (χ1) is 8.12. The minimum atomic E-state index is -0.466. The number of ether oxygens (including phenoxy) is 1. The average molecular weight is 228 g/mol. The van der Waals surface area contributed by atoms with Gasteiger partial charge in [0, 0.05) is 6.42 Å². The molecule has 0 fully saturated rings. The lowest BCUT2D eigenvalue weighted by atomic mass is 9.94. The van der Waals surface area contributed by atoms with Crippen molar-refractivity contribution in [3.05, 3.63) is 48.0 Å². The molecule has 0 saturated carbocycles. The van der Waals surface area contributed by atoms with Gasteiger partial charge >= 0.3 is 0 Å². The van der Waals surface area contributed by atoms with E-state index in [2.05, 4.69) is 24.3 Å². The average Bonchev–Trinajstić information content (AvgIpc) is 2.29. The van der Waals surface area contributed by atoms with Gasteiger partial charge in [-0.15, -0.1) is 0 Å². The molecule has 0 heterocycles. The molecule has 88 valence electrons. The van der Waals surface area contributed by atoms with Crippen molar-refractivity contribution < 1.29 is 9.53 Å². The molecule has 0 saturated heterocycles. The van der Waals surface area contributed by atoms with Crippen LogP contribution in [0.5, 0.6) is 0 Å². The van der Waals surface area contributed by atoms with Crippen LogP contribution in [0, 0.1) is 0 Å². The monoisotopic (exact) mass is 228 g/mol. The Bertz CT molecular complexity index is 524. The molecule has 0 bridgehead atoms. The predicted octanol–water partition coefficient (Wildman–Crippen LogP) is 3.33. The molecule has 0 N–H and O–H groups in total. The molecule has 0 amide bonds. The van der Waals surface area contributed by atoms with E-state index in [1.807, 2.05) is 32.0 Å². The Morgan fingerprint density at radius 2 is 1.82 bits per heavy atom. The normalized spacial score (nSPS) is 11.4. The minimum Gasteiger partial charge on any atom is -0.462 e. The molecule has 17 heavy (non-hydrogen) atoms. The molecular formula is C15H16O2. The van der Waals surface area contributed by atoms with Gasteiger partial charge in [0.2, 0.25) is 0 Å². The predicted molar refractivity (Wildman–Crippen MR) is 68.9 cm³/mol. The van der Waals surface area contributed by atoms with Crippen LogP contribution in [-0.2, 0) is 16.0 Å². The lowest BCUT2D eigenvalue weighted by Crippen LogP contribution is -2.26. The van der Waals surface area contributed by atoms with E-state index in [-0.39, 0.29) is 0 Å². The van der Waals surface area contributed by atoms with Gasteiger partial charge < -0.3 is 4.74 Å². The molecule has 0 aliphatic carbocycles. The van der Waals surface area contributed by atoms with E-state index in [9.17, 15) is 4.79 Å². The summed E-state index contributed by atoms with van der Waals surface area (Å²) in [6.45, 7) is 4.36. The Hall–Kier alpha value is -1.83. The Kier molecular flexibility index (Phi) is 3.14. The maximum atomic E-state index is 10.5. The minimum absolute atomic E-state index is 0.466. The van der Waals surface area contributed by atoms with Crippen LogP contribution in [0.4, 0.5) is 0 Å². The summed E-state index contributed by atoms with van der Waals surface area (Å²) in [6.07, 6.45) is 0.715. The second-order valence-corrected chi connectivity index (χ2v) is 4.79. The smallest absolute Gasteiger partial charge is 0.293 e. The van der Waals surface area contributed by atoms with Gasteiger partial charge in [0.15, 0.2) is 0 Å². The Morgan fingerprint density at radius 1 is 1.12 bits per heavy atom. The maximum Gasteiger partial charge on any atom is 0.293 e. The third kappa shape index (κ3) is 2.64. The van der Waals surface area contributed by atoms with Crippen molar-refractivity contribution in [2.75, 3.05) is 0 Å². The van der Waals surface area contributed by atoms with Crippen LogP contribution >= 0.6 is 0 Å². The van der Waals surface area contributed by atoms with E-state index in [0.29, 0.717) is 12.9 Å². The standard InChI is InChI=1S/C15H16O2/c1-15(2,17-11-16)10-13-8-5-7-12-6-3-4-9-14(12)13/h3-9,11H,10H2,1-2H3. The van der Waals surface area contributed by atoms with Crippen molar-refractivity contribution in [2.45, 2.75) is 25.9 Å². The van der Waals surface area contributed by atoms with E-state index >= 15 is 0 Å². The SMILES string of the molecule is CC(C)(Cc1cccc2ccccc12)OC=O. The van der Waals surface area contributed by atoms with E-state index in [1.54, 1.807) is 0 Å². The van der Waals surface area contributed by atoms with Crippen molar-refractivity contribution in [2.24, 2.45) is 0 Å². The summed E-state index contributed by atoms with van der Waals surface area (Å²) >= 11 is 0. The molecular weight excluding hydrogens is 212 g/mol. The summed E-state index contributed by atoms with van der Waals surface area (Å²) < 4.78 is 5.10. The fourth-order valence-corrected chi connectivity index (χ4v) is 2.08. The molecule has 0 radical (unpaired) electrons. The largest absolute Gasteiger partial charge is 0.462 e. The number of fused-ring (bicyclic) bond motifs is 1. The first-order valence-corrected chi connectivity index (χ1v) is 5.70. The molecule has 2 aromatic rings. The van der Waals surface area contributed by atoms with E-state index in [1.165, 1.54) is 16.3 Å². The van der Waals surface area contributed by atoms with Crippen molar-refractivity contribution in [1.82, 2.24) is 0 Å². The molecule has 0 aromatic heterocycles. The Labute approximate surface area is 101 Å². The molecule has 0 atom stereocenters. The molecule has 2 aromatic carbocycles. The summed E-state index contributed by atoms with van der Waals surface area (Å²) in [5, 5.41) is 2.43. The fraction of sp³-hybridized carbons (Fsp3) is 0.267. The van der Waals surface area contributed by atoms with Gasteiger partial charge in [-0.1, -0.05) is 42.5 Å². The first kappa shape index (κ1) is 11.6. The van der Waals surface area contributed by atoms with Crippen LogP contribution in [-0.4, -0.2) is 12.1 Å². The van der Waals surface area contributed by atoms with Crippen LogP contribution in [0.25, 0.3) is 10.8 Å². The van der Waals surface area contributed by atoms with E-state index < -0.39 is 5.60 Å². The second kappa shape index (κ2) is 4.58. The van der Waals surface area contributed by atoms with Crippen LogP contribution in [0.1, 0.15) is 19.4 Å². The molecule has 2 nitrogen and oxygen atoms in total. The third-order valence-corrected chi connectivity index (χ3v) is 2.86. The number of carbonyl (C=O) groups excluding carboxylic acids is 1. The van der Waals surface area contributed by atoms with Gasteiger partial charge in [-0.3, -0.25) is 4.79 Å². The highest BCUT2D eigenvalue weighted by Gasteiger charge is 2.20. The van der Waals surface area contributed by atoms with Gasteiger partial charge in [0.05, 0.1) is 0 Å². The van der Waals surface area contributed by atoms with Crippen molar-refractivity contribution in [3.8, 4) is 0 Å². The Balaban J connectivity index is 2.39. The van der Waals surface area contributed by atoms with Crippen molar-refractivity contribution in [1.29, 1.82) is 0 Å². The van der Waals surface area contributed by atoms with Crippen LogP contribution in [0.15, 0.2) is 42.5 Å². The highest BCUT2D eigenvalue weighted by Crippen LogP contribution is 2.23. The second-order valence-electron chi connectivity index (χ2n) is 4.79. The summed E-state index contributed by atoms with van der Waals surface area (Å²) in [7, 11) is 0. The van der Waals surface area contributed by atoms with Gasteiger partial charge in [-0.2, -0.15) is 0 Å². The third-order valence-electron chi connectivity index (χ3n) is 2.86. The Morgan fingerprint density at radius 3 is 2.59 bits per heavy atom. The highest BCUT2D eigenvalue weighted by atomic mass is 16.5. The number of benzene rings is 2. The van der Waals surface area contributed by atoms with Gasteiger partial charge in [0.1, 0.15) is 5.60 Å². The number of carbonyl (C=O) groups is 1. The zero-order valence-electron chi connectivity index (χ0n) is 10.1. The van der Waals surface area contributed by atoms with Crippen molar-refractivity contribution >= 4 is 17.2 Å². The lowest BCUT2D eigenvalue weighted by molar-refractivity contribution is -0.140. The topological polar surface area (TPSA) is 26.3 Å². The fourth-order valence-electron chi connectivity index (χ4n) is 2.08. The molecule has 0 spiro atoms. The summed E-state index contributed by atoms with van der Waals surface area (Å²) in [5.74, 6) is 0. The maximum absolute atomic E-state index is 10.5. The zero-order chi connectivity index (χ0) is 12.3. The highest BCUT2D eigenvalue weighted by molar-refractivity contribution is 5.85. The van der Waals surface area contributed by atoms with Crippen molar-refractivity contribution in [3.63, 3.8) is 0 Å². The number of hydrogen-bond acceptors (Lipinski definition) is 2. The molecule has 2 heteroatoms. The van der Waals surface area contributed by atoms with Crippen LogP contribution in [0.3, 0.4) is 0 Å². The molecule has 0 unspecified atom stereocenters. The molecule has 2 rings (SSSR count). The lowest BCUT2D eigenvalue weighted by Gasteiger charge is -2.23. The summed E-state index contributed by atoms with van der Waals surface area (Å²) in [6, 6.07) is 14.5. The van der Waals surface area contributed by atoms with Gasteiger partial charge in [0.25, 0.3) is 6.47 Å². The van der Waals surface area contributed by atoms with E-state index in [4.69, 9.17) is 4.74 Å². The zero-order valence-corrected chi connectivity index (χ0v) is 10.1. The summed E-state index contributed by atoms with van der Waals surface area (Å²) in [4.78, 5) is 10.5. The summed E-state index contributed by atoms with van der Waals surface area (Å²) in [5.41, 5.74) is 0.737. The number of hydrogen-bond donors (Lipinski definition) is 0. The number of rotatable bonds is 4. The van der Waals surface area contributed by atoms with E-state index in [0.717, 1.165) is 0 Å². The van der Waals surface area contributed by atoms with Gasteiger partial charge in [-0.25, -0.2) is 0 Å². The first-order valence-electron chi connectivity index (χ1n) is 5.70. The molecule has 0 aliphatic rings. The quantitative estimate of drug-likeness (QED) is 0.750. The van der Waals surface area contributed by atoms with Crippen LogP contribution in [0.2, 0.25) is 0 Å².